The molecule has 13 heteroatoms. The van der Waals surface area contributed by atoms with E-state index in [0.29, 0.717) is 43.1 Å². The summed E-state index contributed by atoms with van der Waals surface area (Å²) in [6, 6.07) is 2.29. The van der Waals surface area contributed by atoms with Crippen LogP contribution in [0.4, 0.5) is 9.93 Å². The summed E-state index contributed by atoms with van der Waals surface area (Å²) >= 11 is 1.04. The lowest BCUT2D eigenvalue weighted by molar-refractivity contribution is -0.134. The fourth-order valence-corrected chi connectivity index (χ4v) is 5.14. The zero-order chi connectivity index (χ0) is 25.2. The highest BCUT2D eigenvalue weighted by Gasteiger charge is 2.46. The van der Waals surface area contributed by atoms with Gasteiger partial charge in [-0.3, -0.25) is 9.59 Å². The minimum Gasteiger partial charge on any atom is -0.464 e. The van der Waals surface area contributed by atoms with Gasteiger partial charge in [0.25, 0.3) is 5.91 Å². The predicted octanol–water partition coefficient (Wildman–Crippen LogP) is 2.08. The predicted molar refractivity (Wildman–Crippen MR) is 125 cm³/mol. The van der Waals surface area contributed by atoms with Gasteiger partial charge in [-0.05, 0) is 42.9 Å². The van der Waals surface area contributed by atoms with E-state index in [1.807, 2.05) is 0 Å². The number of hydrogen-bond acceptors (Lipinski definition) is 10. The van der Waals surface area contributed by atoms with E-state index in [4.69, 9.17) is 14.2 Å². The van der Waals surface area contributed by atoms with Gasteiger partial charge in [-0.2, -0.15) is 0 Å². The number of nitrogens with one attached hydrogen (secondary N) is 2. The van der Waals surface area contributed by atoms with Crippen molar-refractivity contribution in [2.75, 3.05) is 32.4 Å². The Bertz CT molecular complexity index is 1190. The van der Waals surface area contributed by atoms with Crippen LogP contribution in [0.25, 0.3) is 0 Å². The van der Waals surface area contributed by atoms with Gasteiger partial charge in [0, 0.05) is 18.6 Å². The number of anilines is 1. The van der Waals surface area contributed by atoms with Crippen LogP contribution in [0.15, 0.2) is 23.6 Å². The van der Waals surface area contributed by atoms with E-state index >= 15 is 0 Å². The quantitative estimate of drug-likeness (QED) is 0.417. The molecule has 2 unspecified atom stereocenters. The van der Waals surface area contributed by atoms with Crippen LogP contribution in [0.2, 0.25) is 0 Å². The number of esters is 1. The summed E-state index contributed by atoms with van der Waals surface area (Å²) in [5.74, 6) is -0.621. The van der Waals surface area contributed by atoms with Crippen molar-refractivity contribution in [2.45, 2.75) is 31.3 Å². The minimum atomic E-state index is -1.08. The van der Waals surface area contributed by atoms with Crippen LogP contribution in [0, 0.1) is 5.92 Å². The van der Waals surface area contributed by atoms with Crippen LogP contribution in [0.3, 0.4) is 0 Å². The molecular formula is C23H24N4O8S. The third-order valence-electron chi connectivity index (χ3n) is 6.34. The molecule has 2 atom stereocenters. The normalized spacial score (nSPS) is 20.2. The summed E-state index contributed by atoms with van der Waals surface area (Å²) in [7, 11) is 1.23. The van der Waals surface area contributed by atoms with Crippen molar-refractivity contribution >= 4 is 40.3 Å². The summed E-state index contributed by atoms with van der Waals surface area (Å²) < 4.78 is 20.8. The van der Waals surface area contributed by atoms with Gasteiger partial charge in [-0.25, -0.2) is 19.5 Å². The van der Waals surface area contributed by atoms with Crippen molar-refractivity contribution in [1.82, 2.24) is 15.2 Å². The monoisotopic (exact) mass is 516 g/mol. The second-order valence-corrected chi connectivity index (χ2v) is 9.39. The minimum absolute atomic E-state index is 0.0524. The van der Waals surface area contributed by atoms with Gasteiger partial charge in [-0.1, -0.05) is 6.07 Å². The Labute approximate surface area is 209 Å². The molecule has 1 aromatic heterocycles. The first-order chi connectivity index (χ1) is 17.4. The first-order valence-electron chi connectivity index (χ1n) is 11.4. The standard InChI is InChI=1S/C23H24N4O8S/c1-32-21(30)14-10-36-22(24-14)26-19(28)15(8-12-4-6-33-7-5-12)27-20(29)18(25-23(27)31)13-2-3-16-17(9-13)35-11-34-16/h2-3,9-10,12,15,18H,4-8,11H2,1H3,(H,25,31)(H,24,26,28). The van der Waals surface area contributed by atoms with E-state index in [-0.39, 0.29) is 30.0 Å². The number of nitrogens with zero attached hydrogens (tertiary/aromatic N) is 2. The molecule has 3 aliphatic heterocycles. The molecule has 190 valence electrons. The van der Waals surface area contributed by atoms with Crippen molar-refractivity contribution in [3.63, 3.8) is 0 Å². The molecule has 1 aromatic carbocycles. The van der Waals surface area contributed by atoms with Gasteiger partial charge in [0.2, 0.25) is 12.7 Å². The lowest BCUT2D eigenvalue weighted by atomic mass is 9.91. The number of imide groups is 1. The fraction of sp³-hybridized carbons (Fsp3) is 0.435. The number of thiazole rings is 1. The van der Waals surface area contributed by atoms with Crippen molar-refractivity contribution in [3.05, 3.63) is 34.8 Å². The molecule has 0 radical (unpaired) electrons. The number of carbonyl (C=O) groups is 4. The molecule has 2 saturated heterocycles. The smallest absolute Gasteiger partial charge is 0.357 e. The molecule has 4 heterocycles. The SMILES string of the molecule is COC(=O)c1csc(NC(=O)C(CC2CCOCC2)N2C(=O)NC(c3ccc4c(c3)OCO4)C2=O)n1. The molecule has 12 nitrogen and oxygen atoms in total. The summed E-state index contributed by atoms with van der Waals surface area (Å²) in [4.78, 5) is 56.7. The molecule has 0 spiro atoms. The number of ether oxygens (including phenoxy) is 4. The Kier molecular flexibility index (Phi) is 6.74. The first-order valence-corrected chi connectivity index (χ1v) is 12.3. The summed E-state index contributed by atoms with van der Waals surface area (Å²) in [5.41, 5.74) is 0.574. The third kappa shape index (κ3) is 4.71. The average Bonchev–Trinajstić information content (AvgIpc) is 3.61. The van der Waals surface area contributed by atoms with Crippen LogP contribution in [0.1, 0.15) is 41.4 Å². The second kappa shape index (κ2) is 10.1. The van der Waals surface area contributed by atoms with Gasteiger partial charge in [0.05, 0.1) is 7.11 Å². The Morgan fingerprint density at radius 2 is 2.03 bits per heavy atom. The van der Waals surface area contributed by atoms with Gasteiger partial charge in [0.15, 0.2) is 22.3 Å². The molecular weight excluding hydrogens is 492 g/mol. The van der Waals surface area contributed by atoms with E-state index in [1.165, 1.54) is 12.5 Å². The lowest BCUT2D eigenvalue weighted by Crippen LogP contribution is -2.49. The summed E-state index contributed by atoms with van der Waals surface area (Å²) in [6.07, 6.45) is 1.70. The van der Waals surface area contributed by atoms with Crippen LogP contribution in [-0.2, 0) is 19.1 Å². The van der Waals surface area contributed by atoms with Gasteiger partial charge >= 0.3 is 12.0 Å². The number of aromatic nitrogens is 1. The molecule has 0 saturated carbocycles. The number of hydrogen-bond donors (Lipinski definition) is 2. The van der Waals surface area contributed by atoms with Crippen LogP contribution >= 0.6 is 11.3 Å². The van der Waals surface area contributed by atoms with Gasteiger partial charge < -0.3 is 29.6 Å². The van der Waals surface area contributed by atoms with E-state index < -0.39 is 35.9 Å². The van der Waals surface area contributed by atoms with E-state index in [1.54, 1.807) is 18.2 Å². The molecule has 0 bridgehead atoms. The topological polar surface area (TPSA) is 145 Å². The molecule has 3 aliphatic rings. The highest BCUT2D eigenvalue weighted by Crippen LogP contribution is 2.36. The summed E-state index contributed by atoms with van der Waals surface area (Å²) in [6.45, 7) is 1.18. The molecule has 4 amide bonds. The molecule has 2 fully saturated rings. The van der Waals surface area contributed by atoms with E-state index in [2.05, 4.69) is 20.4 Å². The number of benzene rings is 1. The molecule has 2 aromatic rings. The van der Waals surface area contributed by atoms with Crippen LogP contribution < -0.4 is 20.1 Å². The van der Waals surface area contributed by atoms with Crippen molar-refractivity contribution in [1.29, 1.82) is 0 Å². The van der Waals surface area contributed by atoms with Crippen LogP contribution in [-0.4, -0.2) is 66.9 Å². The van der Waals surface area contributed by atoms with E-state index in [9.17, 15) is 19.2 Å². The second-order valence-electron chi connectivity index (χ2n) is 8.53. The summed E-state index contributed by atoms with van der Waals surface area (Å²) in [5, 5.41) is 6.96. The van der Waals surface area contributed by atoms with Crippen molar-refractivity contribution in [2.24, 2.45) is 5.92 Å². The Hall–Kier alpha value is -3.71. The lowest BCUT2D eigenvalue weighted by Gasteiger charge is -2.30. The zero-order valence-electron chi connectivity index (χ0n) is 19.4. The first kappa shape index (κ1) is 24.0. The van der Waals surface area contributed by atoms with Crippen molar-refractivity contribution in [3.8, 4) is 11.5 Å². The molecule has 2 N–H and O–H groups in total. The van der Waals surface area contributed by atoms with E-state index in [0.717, 1.165) is 16.2 Å². The highest BCUT2D eigenvalue weighted by molar-refractivity contribution is 7.14. The third-order valence-corrected chi connectivity index (χ3v) is 7.10. The number of fused-ring (bicyclic) bond motifs is 1. The maximum atomic E-state index is 13.5. The number of amides is 4. The largest absolute Gasteiger partial charge is 0.464 e. The number of methoxy groups -OCH3 is 1. The number of rotatable bonds is 7. The Balaban J connectivity index is 1.38. The molecule has 36 heavy (non-hydrogen) atoms. The van der Waals surface area contributed by atoms with Crippen LogP contribution in [0.5, 0.6) is 11.5 Å². The maximum absolute atomic E-state index is 13.5. The van der Waals surface area contributed by atoms with Gasteiger partial charge in [0.1, 0.15) is 12.1 Å². The molecule has 5 rings (SSSR count). The Morgan fingerprint density at radius 1 is 1.25 bits per heavy atom. The number of carbonyl (C=O) groups excluding carboxylic acids is 4. The molecule has 0 aliphatic carbocycles. The van der Waals surface area contributed by atoms with Gasteiger partial charge in [-0.15, -0.1) is 11.3 Å². The Morgan fingerprint density at radius 3 is 2.81 bits per heavy atom. The fourth-order valence-electron chi connectivity index (χ4n) is 4.45. The van der Waals surface area contributed by atoms with Crippen molar-refractivity contribution < 1.29 is 38.1 Å². The highest BCUT2D eigenvalue weighted by atomic mass is 32.1. The maximum Gasteiger partial charge on any atom is 0.357 e. The number of urea groups is 1. The zero-order valence-corrected chi connectivity index (χ0v) is 20.2. The average molecular weight is 517 g/mol.